The number of amides is 3. The van der Waals surface area contributed by atoms with E-state index in [2.05, 4.69) is 21.2 Å². The van der Waals surface area contributed by atoms with Crippen molar-refractivity contribution in [2.24, 2.45) is 0 Å². The van der Waals surface area contributed by atoms with Crippen molar-refractivity contribution < 1.29 is 14.4 Å². The standard InChI is InChI=1S/C19H17BrN2O3/c1-3-12-9-13(20)8-11(2)17(12)21-16(23)10-22-18(24)14-6-4-5-7-15(14)19(22)25/h4-9H,3,10H2,1-2H3,(H,21,23). The van der Waals surface area contributed by atoms with Crippen LogP contribution in [0.4, 0.5) is 5.69 Å². The van der Waals surface area contributed by atoms with E-state index in [1.54, 1.807) is 24.3 Å². The van der Waals surface area contributed by atoms with E-state index in [-0.39, 0.29) is 6.54 Å². The van der Waals surface area contributed by atoms with Crippen molar-refractivity contribution in [2.45, 2.75) is 20.3 Å². The number of halogens is 1. The van der Waals surface area contributed by atoms with Gasteiger partial charge in [-0.05, 0) is 48.7 Å². The SMILES string of the molecule is CCc1cc(Br)cc(C)c1NC(=O)CN1C(=O)c2ccccc2C1=O. The van der Waals surface area contributed by atoms with Crippen molar-refractivity contribution in [1.82, 2.24) is 4.90 Å². The molecule has 3 rings (SSSR count). The van der Waals surface area contributed by atoms with Crippen LogP contribution >= 0.6 is 15.9 Å². The van der Waals surface area contributed by atoms with E-state index in [0.717, 1.165) is 32.6 Å². The normalized spacial score (nSPS) is 13.2. The van der Waals surface area contributed by atoms with Crippen LogP contribution in [0, 0.1) is 6.92 Å². The molecule has 1 N–H and O–H groups in total. The van der Waals surface area contributed by atoms with Crippen LogP contribution < -0.4 is 5.32 Å². The highest BCUT2D eigenvalue weighted by Crippen LogP contribution is 2.27. The molecule has 0 fully saturated rings. The van der Waals surface area contributed by atoms with E-state index in [4.69, 9.17) is 0 Å². The maximum absolute atomic E-state index is 12.4. The number of carbonyl (C=O) groups is 3. The van der Waals surface area contributed by atoms with Gasteiger partial charge in [0, 0.05) is 10.2 Å². The third kappa shape index (κ3) is 3.22. The summed E-state index contributed by atoms with van der Waals surface area (Å²) in [4.78, 5) is 38.1. The Kier molecular flexibility index (Phi) is 4.72. The number of nitrogens with zero attached hydrogens (tertiary/aromatic N) is 1. The Hall–Kier alpha value is -2.47. The molecule has 0 bridgehead atoms. The average molecular weight is 401 g/mol. The van der Waals surface area contributed by atoms with Crippen LogP contribution in [0.5, 0.6) is 0 Å². The molecular weight excluding hydrogens is 384 g/mol. The fourth-order valence-electron chi connectivity index (χ4n) is 2.98. The van der Waals surface area contributed by atoms with Gasteiger partial charge in [-0.15, -0.1) is 0 Å². The van der Waals surface area contributed by atoms with Gasteiger partial charge in [0.2, 0.25) is 5.91 Å². The van der Waals surface area contributed by atoms with Crippen LogP contribution in [0.1, 0.15) is 38.8 Å². The van der Waals surface area contributed by atoms with Gasteiger partial charge in [-0.3, -0.25) is 19.3 Å². The summed E-state index contributed by atoms with van der Waals surface area (Å²) < 4.78 is 0.945. The van der Waals surface area contributed by atoms with Gasteiger partial charge in [-0.1, -0.05) is 35.0 Å². The molecule has 0 aliphatic carbocycles. The van der Waals surface area contributed by atoms with Crippen LogP contribution in [0.3, 0.4) is 0 Å². The summed E-state index contributed by atoms with van der Waals surface area (Å²) in [6.07, 6.45) is 0.753. The fraction of sp³-hybridized carbons (Fsp3) is 0.211. The third-order valence-corrected chi connectivity index (χ3v) is 4.67. The van der Waals surface area contributed by atoms with E-state index in [9.17, 15) is 14.4 Å². The van der Waals surface area contributed by atoms with E-state index < -0.39 is 17.7 Å². The van der Waals surface area contributed by atoms with E-state index >= 15 is 0 Å². The largest absolute Gasteiger partial charge is 0.324 e. The highest BCUT2D eigenvalue weighted by atomic mass is 79.9. The lowest BCUT2D eigenvalue weighted by atomic mass is 10.1. The summed E-state index contributed by atoms with van der Waals surface area (Å²) in [7, 11) is 0. The lowest BCUT2D eigenvalue weighted by Gasteiger charge is -2.17. The molecule has 6 heteroatoms. The summed E-state index contributed by atoms with van der Waals surface area (Å²) in [5, 5.41) is 2.85. The maximum Gasteiger partial charge on any atom is 0.262 e. The first-order chi connectivity index (χ1) is 11.9. The summed E-state index contributed by atoms with van der Waals surface area (Å²) >= 11 is 3.45. The monoisotopic (exact) mass is 400 g/mol. The molecule has 25 heavy (non-hydrogen) atoms. The highest BCUT2D eigenvalue weighted by Gasteiger charge is 2.36. The summed E-state index contributed by atoms with van der Waals surface area (Å²) in [6.45, 7) is 3.60. The molecule has 3 amide bonds. The van der Waals surface area contributed by atoms with Gasteiger partial charge in [-0.2, -0.15) is 0 Å². The van der Waals surface area contributed by atoms with Crippen molar-refractivity contribution >= 4 is 39.3 Å². The highest BCUT2D eigenvalue weighted by molar-refractivity contribution is 9.10. The zero-order valence-corrected chi connectivity index (χ0v) is 15.5. The van der Waals surface area contributed by atoms with Crippen LogP contribution in [0.15, 0.2) is 40.9 Å². The van der Waals surface area contributed by atoms with Crippen LogP contribution in [-0.2, 0) is 11.2 Å². The number of fused-ring (bicyclic) bond motifs is 1. The Labute approximate surface area is 154 Å². The smallest absolute Gasteiger partial charge is 0.262 e. The number of hydrogen-bond acceptors (Lipinski definition) is 3. The number of aryl methyl sites for hydroxylation is 2. The van der Waals surface area contributed by atoms with Crippen molar-refractivity contribution in [1.29, 1.82) is 0 Å². The predicted octanol–water partition coefficient (Wildman–Crippen LogP) is 3.55. The first-order valence-electron chi connectivity index (χ1n) is 7.96. The third-order valence-electron chi connectivity index (χ3n) is 4.21. The molecule has 1 aliphatic rings. The number of imide groups is 1. The molecule has 5 nitrogen and oxygen atoms in total. The molecular formula is C19H17BrN2O3. The second-order valence-corrected chi connectivity index (χ2v) is 6.82. The molecule has 2 aromatic rings. The van der Waals surface area contributed by atoms with Gasteiger partial charge in [0.1, 0.15) is 6.54 Å². The molecule has 0 spiro atoms. The summed E-state index contributed by atoms with van der Waals surface area (Å²) in [5.74, 6) is -1.26. The molecule has 0 saturated carbocycles. The first kappa shape index (κ1) is 17.4. The second-order valence-electron chi connectivity index (χ2n) is 5.90. The number of carbonyl (C=O) groups excluding carboxylic acids is 3. The van der Waals surface area contributed by atoms with Gasteiger partial charge >= 0.3 is 0 Å². The number of hydrogen-bond donors (Lipinski definition) is 1. The Morgan fingerprint density at radius 3 is 2.28 bits per heavy atom. The lowest BCUT2D eigenvalue weighted by molar-refractivity contribution is -0.116. The zero-order chi connectivity index (χ0) is 18.1. The Morgan fingerprint density at radius 2 is 1.72 bits per heavy atom. The molecule has 0 aromatic heterocycles. The lowest BCUT2D eigenvalue weighted by Crippen LogP contribution is -2.37. The number of rotatable bonds is 4. The fourth-order valence-corrected chi connectivity index (χ4v) is 3.60. The van der Waals surface area contributed by atoms with Crippen LogP contribution in [0.25, 0.3) is 0 Å². The molecule has 0 atom stereocenters. The first-order valence-corrected chi connectivity index (χ1v) is 8.75. The average Bonchev–Trinajstić information content (AvgIpc) is 2.82. The molecule has 0 saturated heterocycles. The van der Waals surface area contributed by atoms with Crippen molar-refractivity contribution in [3.8, 4) is 0 Å². The van der Waals surface area contributed by atoms with Crippen molar-refractivity contribution in [3.63, 3.8) is 0 Å². The van der Waals surface area contributed by atoms with Gasteiger partial charge in [0.15, 0.2) is 0 Å². The molecule has 0 radical (unpaired) electrons. The number of benzene rings is 2. The van der Waals surface area contributed by atoms with Gasteiger partial charge in [0.05, 0.1) is 11.1 Å². The topological polar surface area (TPSA) is 66.5 Å². The van der Waals surface area contributed by atoms with E-state index in [0.29, 0.717) is 11.1 Å². The molecule has 128 valence electrons. The Bertz CT molecular complexity index is 857. The van der Waals surface area contributed by atoms with Gasteiger partial charge in [0.25, 0.3) is 11.8 Å². The van der Waals surface area contributed by atoms with Crippen LogP contribution in [0.2, 0.25) is 0 Å². The van der Waals surface area contributed by atoms with Crippen LogP contribution in [-0.4, -0.2) is 29.2 Å². The molecule has 2 aromatic carbocycles. The zero-order valence-electron chi connectivity index (χ0n) is 13.9. The predicted molar refractivity (Wildman–Crippen MR) is 98.7 cm³/mol. The Morgan fingerprint density at radius 1 is 1.12 bits per heavy atom. The van der Waals surface area contributed by atoms with E-state index in [1.807, 2.05) is 26.0 Å². The molecule has 0 unspecified atom stereocenters. The van der Waals surface area contributed by atoms with Gasteiger partial charge in [-0.25, -0.2) is 0 Å². The minimum absolute atomic E-state index is 0.301. The minimum atomic E-state index is -0.431. The number of anilines is 1. The number of nitrogens with one attached hydrogen (secondary N) is 1. The Balaban J connectivity index is 1.79. The van der Waals surface area contributed by atoms with Crippen molar-refractivity contribution in [2.75, 3.05) is 11.9 Å². The maximum atomic E-state index is 12.4. The van der Waals surface area contributed by atoms with Crippen molar-refractivity contribution in [3.05, 3.63) is 63.1 Å². The quantitative estimate of drug-likeness (QED) is 0.797. The molecule has 1 heterocycles. The second kappa shape index (κ2) is 6.80. The summed E-state index contributed by atoms with van der Waals surface area (Å²) in [6, 6.07) is 10.5. The van der Waals surface area contributed by atoms with Gasteiger partial charge < -0.3 is 5.32 Å². The summed E-state index contributed by atoms with van der Waals surface area (Å²) in [5.41, 5.74) is 3.32. The minimum Gasteiger partial charge on any atom is -0.324 e. The van der Waals surface area contributed by atoms with E-state index in [1.165, 1.54) is 0 Å². The molecule has 1 aliphatic heterocycles.